The van der Waals surface area contributed by atoms with Gasteiger partial charge in [-0.15, -0.1) is 0 Å². The molecule has 0 saturated carbocycles. The number of allylic oxidation sites excluding steroid dienone is 2. The van der Waals surface area contributed by atoms with E-state index in [2.05, 4.69) is 66.9 Å². The Morgan fingerprint density at radius 1 is 0.973 bits per heavy atom. The van der Waals surface area contributed by atoms with E-state index in [1.54, 1.807) is 0 Å². The predicted molar refractivity (Wildman–Crippen MR) is 153 cm³/mol. The Balaban J connectivity index is 1.11. The van der Waals surface area contributed by atoms with Crippen molar-refractivity contribution < 1.29 is 4.74 Å². The van der Waals surface area contributed by atoms with Gasteiger partial charge in [-0.2, -0.15) is 0 Å². The van der Waals surface area contributed by atoms with Crippen LogP contribution < -0.4 is 10.1 Å². The number of hydrogen-bond donors (Lipinski definition) is 1. The van der Waals surface area contributed by atoms with E-state index in [1.165, 1.54) is 22.4 Å². The monoisotopic (exact) mass is 504 g/mol. The summed E-state index contributed by atoms with van der Waals surface area (Å²) in [6.45, 7) is 2.66. The Morgan fingerprint density at radius 2 is 1.81 bits per heavy atom. The molecule has 0 saturated heterocycles. The third kappa shape index (κ3) is 5.19. The minimum Gasteiger partial charge on any atom is -0.489 e. The summed E-state index contributed by atoms with van der Waals surface area (Å²) in [4.78, 5) is 4.69. The van der Waals surface area contributed by atoms with Crippen LogP contribution in [0.2, 0.25) is 5.02 Å². The number of aryl methyl sites for hydroxylation is 1. The van der Waals surface area contributed by atoms with Crippen molar-refractivity contribution in [3.8, 4) is 5.75 Å². The second kappa shape index (κ2) is 10.3. The van der Waals surface area contributed by atoms with Crippen molar-refractivity contribution >= 4 is 29.2 Å². The first-order chi connectivity index (χ1) is 18.1. The van der Waals surface area contributed by atoms with Gasteiger partial charge >= 0.3 is 0 Å². The number of nitrogens with zero attached hydrogens (tertiary/aromatic N) is 1. The van der Waals surface area contributed by atoms with Crippen molar-refractivity contribution in [2.24, 2.45) is 10.9 Å². The lowest BCUT2D eigenvalue weighted by Crippen LogP contribution is -2.29. The first kappa shape index (κ1) is 23.6. The first-order valence-electron chi connectivity index (χ1n) is 12.8. The summed E-state index contributed by atoms with van der Waals surface area (Å²) < 4.78 is 5.88. The number of hydrogen-bond acceptors (Lipinski definition) is 3. The van der Waals surface area contributed by atoms with E-state index < -0.39 is 0 Å². The SMILES string of the molecule is Cc1ccc2c(c1)[C@@H]1C=CC[C@@H]1[C@H](c1ccc(N=Cc3ccc(OCc4cccc(Cl)c4)cc3)cc1)N2. The van der Waals surface area contributed by atoms with Crippen LogP contribution in [0.15, 0.2) is 108 Å². The number of anilines is 1. The molecule has 0 spiro atoms. The fraction of sp³-hybridized carbons (Fsp3) is 0.182. The van der Waals surface area contributed by atoms with E-state index in [1.807, 2.05) is 54.7 Å². The summed E-state index contributed by atoms with van der Waals surface area (Å²) >= 11 is 6.05. The minimum atomic E-state index is 0.299. The standard InChI is InChI=1S/C33H29ClN2O/c1-22-8-17-32-31(18-22)29-6-3-7-30(29)33(36-32)25-11-13-27(14-12-25)35-20-23-9-15-28(16-10-23)37-21-24-4-2-5-26(34)19-24/h2-6,8-20,29-30,33,36H,7,21H2,1H3/t29-,30+,33+/m1/s1. The van der Waals surface area contributed by atoms with Gasteiger partial charge in [0.2, 0.25) is 0 Å². The maximum absolute atomic E-state index is 6.05. The van der Waals surface area contributed by atoms with Crippen molar-refractivity contribution in [3.63, 3.8) is 0 Å². The Kier molecular flexibility index (Phi) is 6.55. The molecular weight excluding hydrogens is 476 g/mol. The Morgan fingerprint density at radius 3 is 2.62 bits per heavy atom. The molecule has 4 aromatic rings. The lowest BCUT2D eigenvalue weighted by molar-refractivity contribution is 0.306. The molecule has 2 aliphatic rings. The molecule has 4 aromatic carbocycles. The molecule has 1 heterocycles. The van der Waals surface area contributed by atoms with Crippen LogP contribution in [0.4, 0.5) is 11.4 Å². The molecule has 184 valence electrons. The van der Waals surface area contributed by atoms with Gasteiger partial charge in [0.15, 0.2) is 0 Å². The molecule has 1 aliphatic heterocycles. The van der Waals surface area contributed by atoms with E-state index in [4.69, 9.17) is 21.3 Å². The number of fused-ring (bicyclic) bond motifs is 3. The highest BCUT2D eigenvalue weighted by molar-refractivity contribution is 6.30. The van der Waals surface area contributed by atoms with Crippen LogP contribution >= 0.6 is 11.6 Å². The molecule has 0 radical (unpaired) electrons. The maximum Gasteiger partial charge on any atom is 0.119 e. The van der Waals surface area contributed by atoms with Crippen molar-refractivity contribution in [2.75, 3.05) is 5.32 Å². The molecule has 6 rings (SSSR count). The fourth-order valence-electron chi connectivity index (χ4n) is 5.40. The van der Waals surface area contributed by atoms with E-state index in [0.29, 0.717) is 24.5 Å². The second-order valence-corrected chi connectivity index (χ2v) is 10.3. The zero-order valence-corrected chi connectivity index (χ0v) is 21.5. The molecule has 0 unspecified atom stereocenters. The highest BCUT2D eigenvalue weighted by Crippen LogP contribution is 2.50. The van der Waals surface area contributed by atoms with Gasteiger partial charge < -0.3 is 10.1 Å². The number of ether oxygens (including phenoxy) is 1. The molecule has 1 N–H and O–H groups in total. The quantitative estimate of drug-likeness (QED) is 0.210. The van der Waals surface area contributed by atoms with Crippen LogP contribution in [-0.4, -0.2) is 6.21 Å². The topological polar surface area (TPSA) is 33.6 Å². The number of aliphatic imine (C=N–C) groups is 1. The highest BCUT2D eigenvalue weighted by Gasteiger charge is 2.37. The van der Waals surface area contributed by atoms with E-state index >= 15 is 0 Å². The summed E-state index contributed by atoms with van der Waals surface area (Å²) in [6, 6.07) is 31.4. The predicted octanol–water partition coefficient (Wildman–Crippen LogP) is 8.80. The van der Waals surface area contributed by atoms with Gasteiger partial charge in [0.05, 0.1) is 11.7 Å². The van der Waals surface area contributed by atoms with Gasteiger partial charge in [-0.1, -0.05) is 65.7 Å². The van der Waals surface area contributed by atoms with E-state index in [9.17, 15) is 0 Å². The van der Waals surface area contributed by atoms with Crippen molar-refractivity contribution in [1.29, 1.82) is 0 Å². The molecule has 0 amide bonds. The largest absolute Gasteiger partial charge is 0.489 e. The van der Waals surface area contributed by atoms with Gasteiger partial charge in [0, 0.05) is 22.8 Å². The average molecular weight is 505 g/mol. The molecule has 37 heavy (non-hydrogen) atoms. The molecular formula is C33H29ClN2O. The van der Waals surface area contributed by atoms with Crippen molar-refractivity contribution in [2.45, 2.75) is 31.9 Å². The molecule has 3 atom stereocenters. The summed E-state index contributed by atoms with van der Waals surface area (Å²) in [5.41, 5.74) is 8.33. The lowest BCUT2D eigenvalue weighted by atomic mass is 9.76. The van der Waals surface area contributed by atoms with Crippen LogP contribution in [0.1, 0.15) is 46.2 Å². The molecule has 0 aromatic heterocycles. The zero-order valence-electron chi connectivity index (χ0n) is 20.8. The first-order valence-corrected chi connectivity index (χ1v) is 13.2. The highest BCUT2D eigenvalue weighted by atomic mass is 35.5. The lowest BCUT2D eigenvalue weighted by Gasteiger charge is -2.37. The van der Waals surface area contributed by atoms with E-state index in [0.717, 1.165) is 34.0 Å². The minimum absolute atomic E-state index is 0.299. The third-order valence-electron chi connectivity index (χ3n) is 7.31. The molecule has 1 aliphatic carbocycles. The maximum atomic E-state index is 6.05. The van der Waals surface area contributed by atoms with Crippen molar-refractivity contribution in [1.82, 2.24) is 0 Å². The molecule has 4 heteroatoms. The van der Waals surface area contributed by atoms with Crippen LogP contribution in [0, 0.1) is 12.8 Å². The zero-order chi connectivity index (χ0) is 25.2. The summed E-state index contributed by atoms with van der Waals surface area (Å²) in [6.07, 6.45) is 7.73. The second-order valence-electron chi connectivity index (χ2n) is 9.90. The number of nitrogens with one attached hydrogen (secondary N) is 1. The average Bonchev–Trinajstić information content (AvgIpc) is 3.42. The fourth-order valence-corrected chi connectivity index (χ4v) is 5.62. The van der Waals surface area contributed by atoms with Gasteiger partial charge in [-0.25, -0.2) is 0 Å². The Labute approximate surface area is 223 Å². The van der Waals surface area contributed by atoms with Crippen LogP contribution in [-0.2, 0) is 6.61 Å². The van der Waals surface area contributed by atoms with Crippen LogP contribution in [0.5, 0.6) is 5.75 Å². The van der Waals surface area contributed by atoms with E-state index in [-0.39, 0.29) is 0 Å². The molecule has 3 nitrogen and oxygen atoms in total. The number of halogens is 1. The van der Waals surface area contributed by atoms with Gasteiger partial charge in [-0.05, 0) is 96.1 Å². The molecule has 0 bridgehead atoms. The summed E-state index contributed by atoms with van der Waals surface area (Å²) in [5.74, 6) is 1.84. The number of benzene rings is 4. The van der Waals surface area contributed by atoms with Crippen molar-refractivity contribution in [3.05, 3.63) is 136 Å². The smallest absolute Gasteiger partial charge is 0.119 e. The van der Waals surface area contributed by atoms with Crippen LogP contribution in [0.3, 0.4) is 0 Å². The van der Waals surface area contributed by atoms with Gasteiger partial charge in [0.25, 0.3) is 0 Å². The summed E-state index contributed by atoms with van der Waals surface area (Å²) in [5, 5.41) is 4.54. The van der Waals surface area contributed by atoms with Gasteiger partial charge in [0.1, 0.15) is 12.4 Å². The molecule has 0 fully saturated rings. The third-order valence-corrected chi connectivity index (χ3v) is 7.54. The summed E-state index contributed by atoms with van der Waals surface area (Å²) in [7, 11) is 0. The van der Waals surface area contributed by atoms with Crippen LogP contribution in [0.25, 0.3) is 0 Å². The Hall–Kier alpha value is -3.82. The number of rotatable bonds is 6. The normalized spacial score (nSPS) is 19.9. The van der Waals surface area contributed by atoms with Gasteiger partial charge in [-0.3, -0.25) is 4.99 Å². The Bertz CT molecular complexity index is 1460.